The van der Waals surface area contributed by atoms with Crippen LogP contribution < -0.4 is 15.7 Å². The molecule has 2 aromatic rings. The Kier molecular flexibility index (Phi) is 7.59. The highest BCUT2D eigenvalue weighted by Crippen LogP contribution is 2.32. The quantitative estimate of drug-likeness (QED) is 0.281. The van der Waals surface area contributed by atoms with Crippen LogP contribution in [0.15, 0.2) is 21.3 Å². The van der Waals surface area contributed by atoms with E-state index in [4.69, 9.17) is 13.9 Å². The smallest absolute Gasteiger partial charge is 0.407 e. The standard InChI is InChI=1S/C25H33NO6/c1-16-20(14-13-18-17-10-7-8-11-19(17)23(28)31-22(16)18)30-21(27)12-6-5-9-15-26-24(29)32-25(2,3)4/h13-14H,5-12,15H2,1-4H3,(H,26,29). The Morgan fingerprint density at radius 3 is 2.50 bits per heavy atom. The fourth-order valence-corrected chi connectivity index (χ4v) is 3.98. The molecule has 0 unspecified atom stereocenters. The molecule has 7 heteroatoms. The SMILES string of the molecule is Cc1c(OC(=O)CCCCCNC(=O)OC(C)(C)C)ccc2c3c(c(=O)oc12)CCCC3. The summed E-state index contributed by atoms with van der Waals surface area (Å²) in [5.74, 6) is 0.0980. The normalized spacial score (nSPS) is 13.5. The van der Waals surface area contributed by atoms with E-state index >= 15 is 0 Å². The fourth-order valence-electron chi connectivity index (χ4n) is 3.98. The third kappa shape index (κ3) is 6.11. The van der Waals surface area contributed by atoms with E-state index in [9.17, 15) is 14.4 Å². The number of fused-ring (bicyclic) bond motifs is 3. The summed E-state index contributed by atoms with van der Waals surface area (Å²) in [5, 5.41) is 3.64. The van der Waals surface area contributed by atoms with Gasteiger partial charge >= 0.3 is 17.7 Å². The first-order valence-electron chi connectivity index (χ1n) is 11.4. The number of unbranched alkanes of at least 4 members (excludes halogenated alkanes) is 2. The number of hydrogen-bond acceptors (Lipinski definition) is 6. The molecule has 0 aliphatic heterocycles. The van der Waals surface area contributed by atoms with Gasteiger partial charge in [-0.05, 0) is 83.9 Å². The first kappa shape index (κ1) is 23.8. The number of carbonyl (C=O) groups is 2. The van der Waals surface area contributed by atoms with Gasteiger partial charge in [-0.3, -0.25) is 4.79 Å². The van der Waals surface area contributed by atoms with Crippen molar-refractivity contribution < 1.29 is 23.5 Å². The number of aryl methyl sites for hydroxylation is 2. The number of hydrogen-bond donors (Lipinski definition) is 1. The first-order valence-corrected chi connectivity index (χ1v) is 11.4. The molecule has 3 rings (SSSR count). The molecular weight excluding hydrogens is 410 g/mol. The van der Waals surface area contributed by atoms with Crippen molar-refractivity contribution in [3.63, 3.8) is 0 Å². The second-order valence-corrected chi connectivity index (χ2v) is 9.33. The van der Waals surface area contributed by atoms with Crippen molar-refractivity contribution in [1.82, 2.24) is 5.32 Å². The molecule has 1 aromatic heterocycles. The van der Waals surface area contributed by atoms with E-state index in [1.54, 1.807) is 6.07 Å². The Labute approximate surface area is 188 Å². The summed E-state index contributed by atoms with van der Waals surface area (Å²) in [6.45, 7) is 7.76. The fraction of sp³-hybridized carbons (Fsp3) is 0.560. The van der Waals surface area contributed by atoms with Gasteiger partial charge in [-0.15, -0.1) is 0 Å². The van der Waals surface area contributed by atoms with Crippen LogP contribution in [0.5, 0.6) is 5.75 Å². The van der Waals surface area contributed by atoms with Crippen LogP contribution in [0.2, 0.25) is 0 Å². The van der Waals surface area contributed by atoms with Crippen molar-refractivity contribution in [2.24, 2.45) is 0 Å². The molecule has 1 aliphatic carbocycles. The summed E-state index contributed by atoms with van der Waals surface area (Å²) in [7, 11) is 0. The van der Waals surface area contributed by atoms with Crippen molar-refractivity contribution in [2.75, 3.05) is 6.54 Å². The lowest BCUT2D eigenvalue weighted by molar-refractivity contribution is -0.134. The summed E-state index contributed by atoms with van der Waals surface area (Å²) in [6.07, 6.45) is 5.73. The van der Waals surface area contributed by atoms with Gasteiger partial charge in [0.05, 0.1) is 0 Å². The highest BCUT2D eigenvalue weighted by atomic mass is 16.6. The van der Waals surface area contributed by atoms with Gasteiger partial charge in [0.1, 0.15) is 16.9 Å². The summed E-state index contributed by atoms with van der Waals surface area (Å²) < 4.78 is 16.3. The maximum Gasteiger partial charge on any atom is 0.407 e. The minimum absolute atomic E-state index is 0.276. The molecule has 7 nitrogen and oxygen atoms in total. The predicted octanol–water partition coefficient (Wildman–Crippen LogP) is 4.97. The Bertz CT molecular complexity index is 1050. The molecule has 1 N–H and O–H groups in total. The summed E-state index contributed by atoms with van der Waals surface area (Å²) in [5.41, 5.74) is 2.24. The Morgan fingerprint density at radius 2 is 1.78 bits per heavy atom. The second-order valence-electron chi connectivity index (χ2n) is 9.33. The second kappa shape index (κ2) is 10.2. The van der Waals surface area contributed by atoms with Crippen LogP contribution in [0.25, 0.3) is 11.0 Å². The van der Waals surface area contributed by atoms with E-state index in [-0.39, 0.29) is 18.0 Å². The molecule has 0 saturated carbocycles. The molecule has 1 aliphatic rings. The van der Waals surface area contributed by atoms with Crippen molar-refractivity contribution in [3.05, 3.63) is 39.2 Å². The van der Waals surface area contributed by atoms with Crippen LogP contribution in [-0.4, -0.2) is 24.2 Å². The van der Waals surface area contributed by atoms with Gasteiger partial charge in [0.2, 0.25) is 0 Å². The molecule has 174 valence electrons. The van der Waals surface area contributed by atoms with E-state index in [1.165, 1.54) is 0 Å². The molecular formula is C25H33NO6. The molecule has 1 heterocycles. The van der Waals surface area contributed by atoms with Gasteiger partial charge in [-0.2, -0.15) is 0 Å². The minimum atomic E-state index is -0.517. The van der Waals surface area contributed by atoms with E-state index in [0.717, 1.165) is 55.0 Å². The highest BCUT2D eigenvalue weighted by molar-refractivity contribution is 5.87. The lowest BCUT2D eigenvalue weighted by Crippen LogP contribution is -2.33. The molecule has 0 radical (unpaired) electrons. The number of esters is 1. The van der Waals surface area contributed by atoms with E-state index in [0.29, 0.717) is 29.9 Å². The van der Waals surface area contributed by atoms with Crippen LogP contribution in [0.3, 0.4) is 0 Å². The molecule has 0 bridgehead atoms. The van der Waals surface area contributed by atoms with Crippen molar-refractivity contribution in [2.45, 2.75) is 84.7 Å². The zero-order chi connectivity index (χ0) is 23.3. The maximum absolute atomic E-state index is 12.4. The van der Waals surface area contributed by atoms with Crippen molar-refractivity contribution >= 4 is 23.0 Å². The van der Waals surface area contributed by atoms with Crippen LogP contribution >= 0.6 is 0 Å². The summed E-state index contributed by atoms with van der Waals surface area (Å²) >= 11 is 0. The monoisotopic (exact) mass is 443 g/mol. The number of amides is 1. The van der Waals surface area contributed by atoms with Gasteiger partial charge in [0, 0.05) is 29.5 Å². The Balaban J connectivity index is 1.50. The zero-order valence-corrected chi connectivity index (χ0v) is 19.5. The third-order valence-electron chi connectivity index (χ3n) is 5.54. The molecule has 0 spiro atoms. The molecule has 0 atom stereocenters. The number of rotatable bonds is 7. The van der Waals surface area contributed by atoms with Gasteiger partial charge in [-0.25, -0.2) is 9.59 Å². The van der Waals surface area contributed by atoms with Gasteiger partial charge in [0.25, 0.3) is 0 Å². The average Bonchev–Trinajstić information content (AvgIpc) is 2.72. The third-order valence-corrected chi connectivity index (χ3v) is 5.54. The molecule has 32 heavy (non-hydrogen) atoms. The van der Waals surface area contributed by atoms with Crippen LogP contribution in [0.4, 0.5) is 4.79 Å². The van der Waals surface area contributed by atoms with Crippen molar-refractivity contribution in [3.8, 4) is 5.75 Å². The lowest BCUT2D eigenvalue weighted by Gasteiger charge is -2.19. The van der Waals surface area contributed by atoms with Crippen LogP contribution in [0, 0.1) is 6.92 Å². The average molecular weight is 444 g/mol. The zero-order valence-electron chi connectivity index (χ0n) is 19.5. The van der Waals surface area contributed by atoms with Crippen molar-refractivity contribution in [1.29, 1.82) is 0 Å². The maximum atomic E-state index is 12.4. The molecule has 1 aromatic carbocycles. The Hall–Kier alpha value is -2.83. The minimum Gasteiger partial charge on any atom is -0.444 e. The number of benzene rings is 1. The summed E-state index contributed by atoms with van der Waals surface area (Å²) in [6, 6.07) is 3.68. The van der Waals surface area contributed by atoms with Gasteiger partial charge in [-0.1, -0.05) is 6.42 Å². The Morgan fingerprint density at radius 1 is 1.06 bits per heavy atom. The molecule has 0 saturated heterocycles. The number of carbonyl (C=O) groups excluding carboxylic acids is 2. The number of ether oxygens (including phenoxy) is 2. The topological polar surface area (TPSA) is 94.8 Å². The van der Waals surface area contributed by atoms with E-state index in [1.807, 2.05) is 33.8 Å². The van der Waals surface area contributed by atoms with Crippen LogP contribution in [0.1, 0.15) is 76.0 Å². The van der Waals surface area contributed by atoms with Gasteiger partial charge < -0.3 is 19.2 Å². The number of nitrogens with one attached hydrogen (secondary N) is 1. The van der Waals surface area contributed by atoms with E-state index < -0.39 is 11.7 Å². The van der Waals surface area contributed by atoms with Gasteiger partial charge in [0.15, 0.2) is 0 Å². The predicted molar refractivity (Wildman–Crippen MR) is 122 cm³/mol. The highest BCUT2D eigenvalue weighted by Gasteiger charge is 2.21. The molecule has 1 amide bonds. The summed E-state index contributed by atoms with van der Waals surface area (Å²) in [4.78, 5) is 36.3. The van der Waals surface area contributed by atoms with E-state index in [2.05, 4.69) is 5.32 Å². The lowest BCUT2D eigenvalue weighted by atomic mass is 9.90. The largest absolute Gasteiger partial charge is 0.444 e. The molecule has 0 fully saturated rings. The first-order chi connectivity index (χ1) is 15.2. The van der Waals surface area contributed by atoms with Crippen LogP contribution in [-0.2, 0) is 22.4 Å². The number of alkyl carbamates (subject to hydrolysis) is 1.